The molecule has 4 N–H and O–H groups in total. The molecule has 6 nitrogen and oxygen atoms in total. The smallest absolute Gasteiger partial charge is 0.343 e. The molecule has 0 atom stereocenters. The highest BCUT2D eigenvalue weighted by Gasteiger charge is 2.08. The fraction of sp³-hybridized carbons (Fsp3) is 0.154. The van der Waals surface area contributed by atoms with Crippen LogP contribution in [-0.2, 0) is 16.1 Å². The Morgan fingerprint density at radius 3 is 2.19 bits per heavy atom. The molecule has 0 bridgehead atoms. The highest BCUT2D eigenvalue weighted by molar-refractivity contribution is 5.91. The average Bonchev–Trinajstić information content (AvgIpc) is 2.80. The van der Waals surface area contributed by atoms with Crippen LogP contribution in [-0.4, -0.2) is 11.9 Å². The highest BCUT2D eigenvalue weighted by Crippen LogP contribution is 2.17. The first-order valence-electron chi connectivity index (χ1n) is 10.3. The Morgan fingerprint density at radius 1 is 0.906 bits per heavy atom. The van der Waals surface area contributed by atoms with E-state index in [0.717, 1.165) is 11.1 Å². The van der Waals surface area contributed by atoms with Gasteiger partial charge in [-0.25, -0.2) is 9.59 Å². The normalized spacial score (nSPS) is 10.2. The van der Waals surface area contributed by atoms with E-state index in [0.29, 0.717) is 28.3 Å². The predicted octanol–water partition coefficient (Wildman–Crippen LogP) is 5.16. The van der Waals surface area contributed by atoms with Gasteiger partial charge in [-0.2, -0.15) is 0 Å². The first kappa shape index (κ1) is 24.2. The molecule has 6 heteroatoms. The number of esters is 2. The molecular weight excluding hydrogens is 404 g/mol. The minimum Gasteiger partial charge on any atom is -0.458 e. The van der Waals surface area contributed by atoms with Gasteiger partial charge in [-0.1, -0.05) is 49.7 Å². The van der Waals surface area contributed by atoms with E-state index < -0.39 is 11.9 Å². The number of benzene rings is 3. The van der Waals surface area contributed by atoms with E-state index in [1.165, 1.54) is 6.08 Å². The molecule has 32 heavy (non-hydrogen) atoms. The second-order valence-corrected chi connectivity index (χ2v) is 6.72. The third-order valence-electron chi connectivity index (χ3n) is 4.33. The molecule has 166 valence electrons. The molecule has 0 aliphatic rings. The molecule has 0 unspecified atom stereocenters. The summed E-state index contributed by atoms with van der Waals surface area (Å²) in [6.45, 7) is 6.01. The van der Waals surface area contributed by atoms with Crippen molar-refractivity contribution in [3.05, 3.63) is 95.1 Å². The quantitative estimate of drug-likeness (QED) is 0.241. The molecule has 3 aromatic carbocycles. The van der Waals surface area contributed by atoms with E-state index in [9.17, 15) is 9.59 Å². The zero-order valence-electron chi connectivity index (χ0n) is 18.5. The Labute approximate surface area is 188 Å². The Kier molecular flexibility index (Phi) is 9.05. The summed E-state index contributed by atoms with van der Waals surface area (Å²) < 4.78 is 10.5. The SMILES string of the molecule is CC.Cc1ccc(C(=O)Oc2ccc(/C=C/C(=O)OCc3ccc(N)cc3N)cc2)cc1. The molecule has 0 spiro atoms. The van der Waals surface area contributed by atoms with E-state index in [-0.39, 0.29) is 6.61 Å². The number of carbonyl (C=O) groups is 2. The number of carbonyl (C=O) groups excluding carboxylic acids is 2. The third-order valence-corrected chi connectivity index (χ3v) is 4.33. The number of rotatable bonds is 6. The van der Waals surface area contributed by atoms with Crippen molar-refractivity contribution < 1.29 is 19.1 Å². The van der Waals surface area contributed by atoms with E-state index in [4.69, 9.17) is 20.9 Å². The summed E-state index contributed by atoms with van der Waals surface area (Å²) >= 11 is 0. The van der Waals surface area contributed by atoms with Gasteiger partial charge in [-0.05, 0) is 55.0 Å². The largest absolute Gasteiger partial charge is 0.458 e. The van der Waals surface area contributed by atoms with E-state index in [2.05, 4.69) is 0 Å². The van der Waals surface area contributed by atoms with Crippen molar-refractivity contribution >= 4 is 29.4 Å². The summed E-state index contributed by atoms with van der Waals surface area (Å²) in [4.78, 5) is 24.1. The van der Waals surface area contributed by atoms with Gasteiger partial charge in [0.2, 0.25) is 0 Å². The van der Waals surface area contributed by atoms with Gasteiger partial charge in [-0.15, -0.1) is 0 Å². The summed E-state index contributed by atoms with van der Waals surface area (Å²) in [5, 5.41) is 0. The maximum atomic E-state index is 12.1. The van der Waals surface area contributed by atoms with Gasteiger partial charge in [0, 0.05) is 23.0 Å². The van der Waals surface area contributed by atoms with Crippen LogP contribution in [0.5, 0.6) is 5.75 Å². The van der Waals surface area contributed by atoms with Crippen molar-refractivity contribution in [2.24, 2.45) is 0 Å². The van der Waals surface area contributed by atoms with Gasteiger partial charge in [0.25, 0.3) is 0 Å². The Bertz CT molecular complexity index is 1070. The molecular formula is C26H28N2O4. The monoisotopic (exact) mass is 432 g/mol. The van der Waals surface area contributed by atoms with Crippen molar-refractivity contribution in [2.75, 3.05) is 11.5 Å². The molecule has 0 radical (unpaired) electrons. The van der Waals surface area contributed by atoms with Gasteiger partial charge < -0.3 is 20.9 Å². The first-order valence-corrected chi connectivity index (χ1v) is 10.3. The van der Waals surface area contributed by atoms with Gasteiger partial charge in [0.15, 0.2) is 0 Å². The van der Waals surface area contributed by atoms with Crippen LogP contribution in [0.3, 0.4) is 0 Å². The summed E-state index contributed by atoms with van der Waals surface area (Å²) in [7, 11) is 0. The Morgan fingerprint density at radius 2 is 1.56 bits per heavy atom. The van der Waals surface area contributed by atoms with Gasteiger partial charge in [0.1, 0.15) is 12.4 Å². The lowest BCUT2D eigenvalue weighted by atomic mass is 10.1. The first-order chi connectivity index (χ1) is 15.4. The fourth-order valence-corrected chi connectivity index (χ4v) is 2.61. The Balaban J connectivity index is 0.00000176. The number of nitrogen functional groups attached to an aromatic ring is 2. The minimum absolute atomic E-state index is 0.0587. The van der Waals surface area contributed by atoms with Crippen LogP contribution < -0.4 is 16.2 Å². The molecule has 0 aliphatic heterocycles. The molecule has 0 aliphatic carbocycles. The average molecular weight is 433 g/mol. The number of nitrogens with two attached hydrogens (primary N) is 2. The number of anilines is 2. The van der Waals surface area contributed by atoms with Crippen molar-refractivity contribution in [3.63, 3.8) is 0 Å². The standard InChI is InChI=1S/C24H22N2O4.C2H6/c1-16-2-7-18(8-3-16)24(28)30-21-11-4-17(5-12-21)6-13-23(27)29-15-19-9-10-20(25)14-22(19)26;1-2/h2-14H,15,25-26H2,1H3;1-2H3/b13-6+;. The predicted molar refractivity (Wildman–Crippen MR) is 128 cm³/mol. The number of hydrogen-bond acceptors (Lipinski definition) is 6. The van der Waals surface area contributed by atoms with Crippen LogP contribution in [0, 0.1) is 6.92 Å². The van der Waals surface area contributed by atoms with Crippen LogP contribution in [0.15, 0.2) is 72.8 Å². The second kappa shape index (κ2) is 12.0. The van der Waals surface area contributed by atoms with E-state index in [1.54, 1.807) is 60.7 Å². The zero-order chi connectivity index (χ0) is 23.5. The molecule has 0 fully saturated rings. The summed E-state index contributed by atoms with van der Waals surface area (Å²) in [6, 6.07) is 19.0. The summed E-state index contributed by atoms with van der Waals surface area (Å²) in [6.07, 6.45) is 2.93. The van der Waals surface area contributed by atoms with Crippen molar-refractivity contribution in [1.29, 1.82) is 0 Å². The fourth-order valence-electron chi connectivity index (χ4n) is 2.61. The zero-order valence-corrected chi connectivity index (χ0v) is 18.5. The maximum absolute atomic E-state index is 12.1. The van der Waals surface area contributed by atoms with Gasteiger partial charge >= 0.3 is 11.9 Å². The van der Waals surface area contributed by atoms with E-state index >= 15 is 0 Å². The Hall–Kier alpha value is -4.06. The highest BCUT2D eigenvalue weighted by atomic mass is 16.5. The van der Waals surface area contributed by atoms with Crippen LogP contribution in [0.25, 0.3) is 6.08 Å². The van der Waals surface area contributed by atoms with E-state index in [1.807, 2.05) is 32.9 Å². The molecule has 0 saturated carbocycles. The molecule has 0 aromatic heterocycles. The molecule has 0 heterocycles. The second-order valence-electron chi connectivity index (χ2n) is 6.72. The molecule has 0 saturated heterocycles. The minimum atomic E-state index is -0.499. The van der Waals surface area contributed by atoms with Crippen LogP contribution >= 0.6 is 0 Å². The van der Waals surface area contributed by atoms with Crippen LogP contribution in [0.1, 0.15) is 40.9 Å². The lowest BCUT2D eigenvalue weighted by Crippen LogP contribution is -2.08. The number of aryl methyl sites for hydroxylation is 1. The number of hydrogen-bond donors (Lipinski definition) is 2. The summed E-state index contributed by atoms with van der Waals surface area (Å²) in [5.41, 5.74) is 15.5. The maximum Gasteiger partial charge on any atom is 0.343 e. The van der Waals surface area contributed by atoms with Gasteiger partial charge in [-0.3, -0.25) is 0 Å². The van der Waals surface area contributed by atoms with Crippen molar-refractivity contribution in [1.82, 2.24) is 0 Å². The van der Waals surface area contributed by atoms with Crippen LogP contribution in [0.2, 0.25) is 0 Å². The lowest BCUT2D eigenvalue weighted by Gasteiger charge is -2.06. The number of ether oxygens (including phenoxy) is 2. The van der Waals surface area contributed by atoms with Gasteiger partial charge in [0.05, 0.1) is 5.56 Å². The molecule has 0 amide bonds. The summed E-state index contributed by atoms with van der Waals surface area (Å²) in [5.74, 6) is -0.510. The lowest BCUT2D eigenvalue weighted by molar-refractivity contribution is -0.138. The molecule has 3 aromatic rings. The van der Waals surface area contributed by atoms with Crippen molar-refractivity contribution in [3.8, 4) is 5.75 Å². The van der Waals surface area contributed by atoms with Crippen LogP contribution in [0.4, 0.5) is 11.4 Å². The topological polar surface area (TPSA) is 105 Å². The molecule has 3 rings (SSSR count). The van der Waals surface area contributed by atoms with Crippen molar-refractivity contribution in [2.45, 2.75) is 27.4 Å². The third kappa shape index (κ3) is 7.32.